The summed E-state index contributed by atoms with van der Waals surface area (Å²) in [5, 5.41) is 6.46. The van der Waals surface area contributed by atoms with Gasteiger partial charge in [-0.25, -0.2) is 0 Å². The highest BCUT2D eigenvalue weighted by Gasteiger charge is 2.28. The second-order valence-electron chi connectivity index (χ2n) is 6.82. The molecule has 0 amide bonds. The van der Waals surface area contributed by atoms with Crippen molar-refractivity contribution in [1.82, 2.24) is 15.5 Å². The van der Waals surface area contributed by atoms with Crippen LogP contribution in [0.5, 0.6) is 5.75 Å². The van der Waals surface area contributed by atoms with Crippen LogP contribution in [0.25, 0.3) is 0 Å². The summed E-state index contributed by atoms with van der Waals surface area (Å²) in [6.07, 6.45) is 0. The van der Waals surface area contributed by atoms with E-state index in [9.17, 15) is 8.78 Å². The number of ether oxygens (including phenoxy) is 2. The fraction of sp³-hybridized carbons (Fsp3) is 0.611. The predicted octanol–water partition coefficient (Wildman–Crippen LogP) is 2.83. The van der Waals surface area contributed by atoms with E-state index in [2.05, 4.69) is 55.0 Å². The Morgan fingerprint density at radius 1 is 1.33 bits per heavy atom. The molecule has 0 atom stereocenters. The second kappa shape index (κ2) is 10.2. The van der Waals surface area contributed by atoms with E-state index in [4.69, 9.17) is 4.74 Å². The summed E-state index contributed by atoms with van der Waals surface area (Å²) >= 11 is 3.36. The maximum atomic E-state index is 12.6. The summed E-state index contributed by atoms with van der Waals surface area (Å²) < 4.78 is 36.0. The number of morpholine rings is 1. The molecule has 1 saturated heterocycles. The Balaban J connectivity index is 1.93. The zero-order valence-corrected chi connectivity index (χ0v) is 17.5. The molecule has 0 unspecified atom stereocenters. The average molecular weight is 449 g/mol. The molecule has 6 nitrogen and oxygen atoms in total. The van der Waals surface area contributed by atoms with Crippen molar-refractivity contribution in [3.8, 4) is 5.75 Å². The van der Waals surface area contributed by atoms with Crippen LogP contribution in [0.4, 0.5) is 8.78 Å². The van der Waals surface area contributed by atoms with Gasteiger partial charge in [-0.2, -0.15) is 8.78 Å². The molecule has 0 aliphatic carbocycles. The van der Waals surface area contributed by atoms with Crippen molar-refractivity contribution in [3.63, 3.8) is 0 Å². The average Bonchev–Trinajstić information content (AvgIpc) is 2.64. The van der Waals surface area contributed by atoms with E-state index >= 15 is 0 Å². The minimum Gasteiger partial charge on any atom is -0.434 e. The Bertz CT molecular complexity index is 638. The molecule has 1 aliphatic rings. The van der Waals surface area contributed by atoms with Crippen LogP contribution in [0.15, 0.2) is 27.7 Å². The van der Waals surface area contributed by atoms with E-state index in [1.807, 2.05) is 0 Å². The third kappa shape index (κ3) is 6.90. The molecule has 0 saturated carbocycles. The smallest absolute Gasteiger partial charge is 0.387 e. The summed E-state index contributed by atoms with van der Waals surface area (Å²) in [6, 6.07) is 4.93. The molecule has 1 aromatic carbocycles. The number of alkyl halides is 2. The van der Waals surface area contributed by atoms with Crippen LogP contribution in [-0.4, -0.2) is 62.9 Å². The maximum absolute atomic E-state index is 12.6. The molecule has 2 N–H and O–H groups in total. The van der Waals surface area contributed by atoms with Gasteiger partial charge in [0.25, 0.3) is 0 Å². The Kier molecular flexibility index (Phi) is 8.25. The highest BCUT2D eigenvalue weighted by molar-refractivity contribution is 9.10. The summed E-state index contributed by atoms with van der Waals surface area (Å²) in [5.74, 6) is 0.740. The fourth-order valence-electron chi connectivity index (χ4n) is 2.88. The van der Waals surface area contributed by atoms with E-state index in [1.165, 1.54) is 6.07 Å². The van der Waals surface area contributed by atoms with Gasteiger partial charge in [-0.3, -0.25) is 9.89 Å². The van der Waals surface area contributed by atoms with Crippen LogP contribution in [-0.2, 0) is 11.3 Å². The van der Waals surface area contributed by atoms with Crippen LogP contribution < -0.4 is 15.4 Å². The van der Waals surface area contributed by atoms with Gasteiger partial charge in [-0.05, 0) is 32.0 Å². The van der Waals surface area contributed by atoms with Crippen molar-refractivity contribution in [1.29, 1.82) is 0 Å². The first-order valence-electron chi connectivity index (χ1n) is 8.82. The monoisotopic (exact) mass is 448 g/mol. The van der Waals surface area contributed by atoms with Crippen LogP contribution in [0.3, 0.4) is 0 Å². The first-order valence-corrected chi connectivity index (χ1v) is 9.61. The predicted molar refractivity (Wildman–Crippen MR) is 105 cm³/mol. The molecular formula is C18H27BrF2N4O2. The topological polar surface area (TPSA) is 58.1 Å². The molecule has 27 heavy (non-hydrogen) atoms. The van der Waals surface area contributed by atoms with Crippen molar-refractivity contribution in [2.75, 3.05) is 39.9 Å². The molecule has 1 fully saturated rings. The number of hydrogen-bond acceptors (Lipinski definition) is 4. The SMILES string of the molecule is CN=C(NCc1cc(Br)ccc1OC(F)F)NCC(C)(C)N1CCOCC1. The largest absolute Gasteiger partial charge is 0.434 e. The zero-order valence-electron chi connectivity index (χ0n) is 15.9. The Morgan fingerprint density at radius 2 is 2.04 bits per heavy atom. The van der Waals surface area contributed by atoms with Gasteiger partial charge in [0.2, 0.25) is 0 Å². The molecule has 0 radical (unpaired) electrons. The van der Waals surface area contributed by atoms with Crippen LogP contribution in [0.1, 0.15) is 19.4 Å². The van der Waals surface area contributed by atoms with Gasteiger partial charge in [0.15, 0.2) is 5.96 Å². The number of benzene rings is 1. The lowest BCUT2D eigenvalue weighted by molar-refractivity contribution is -0.0504. The van der Waals surface area contributed by atoms with Crippen LogP contribution >= 0.6 is 15.9 Å². The third-order valence-corrected chi connectivity index (χ3v) is 4.96. The summed E-state index contributed by atoms with van der Waals surface area (Å²) in [4.78, 5) is 6.59. The zero-order chi connectivity index (χ0) is 19.9. The number of hydrogen-bond donors (Lipinski definition) is 2. The van der Waals surface area contributed by atoms with E-state index in [1.54, 1.807) is 19.2 Å². The quantitative estimate of drug-likeness (QED) is 0.496. The molecule has 1 heterocycles. The first kappa shape index (κ1) is 21.8. The number of halogens is 3. The first-order chi connectivity index (χ1) is 12.8. The fourth-order valence-corrected chi connectivity index (χ4v) is 3.29. The van der Waals surface area contributed by atoms with Gasteiger partial charge in [0.05, 0.1) is 13.2 Å². The Labute approximate surface area is 167 Å². The lowest BCUT2D eigenvalue weighted by atomic mass is 10.0. The van der Waals surface area contributed by atoms with Crippen LogP contribution in [0, 0.1) is 0 Å². The normalized spacial score (nSPS) is 16.5. The molecule has 9 heteroatoms. The highest BCUT2D eigenvalue weighted by Crippen LogP contribution is 2.24. The molecule has 152 valence electrons. The highest BCUT2D eigenvalue weighted by atomic mass is 79.9. The third-order valence-electron chi connectivity index (χ3n) is 4.46. The lowest BCUT2D eigenvalue weighted by Crippen LogP contribution is -2.56. The van der Waals surface area contributed by atoms with Gasteiger partial charge in [0.1, 0.15) is 5.75 Å². The van der Waals surface area contributed by atoms with Crippen LogP contribution in [0.2, 0.25) is 0 Å². The van der Waals surface area contributed by atoms with E-state index < -0.39 is 6.61 Å². The van der Waals surface area contributed by atoms with Crippen molar-refractivity contribution >= 4 is 21.9 Å². The minimum atomic E-state index is -2.86. The summed E-state index contributed by atoms with van der Waals surface area (Å²) in [6.45, 7) is 5.74. The van der Waals surface area contributed by atoms with E-state index in [0.29, 0.717) is 24.6 Å². The molecule has 1 aliphatic heterocycles. The molecule has 1 aromatic rings. The van der Waals surface area contributed by atoms with Gasteiger partial charge < -0.3 is 20.1 Å². The second-order valence-corrected chi connectivity index (χ2v) is 7.74. The number of nitrogens with one attached hydrogen (secondary N) is 2. The standard InChI is InChI=1S/C18H27BrF2N4O2/c1-18(2,25-6-8-26-9-7-25)12-24-17(22-3)23-11-13-10-14(19)4-5-15(13)27-16(20)21/h4-5,10,16H,6-9,11-12H2,1-3H3,(H2,22,23,24). The van der Waals surface area contributed by atoms with Crippen molar-refractivity contribution in [2.24, 2.45) is 4.99 Å². The van der Waals surface area contributed by atoms with Crippen molar-refractivity contribution in [2.45, 2.75) is 32.5 Å². The minimum absolute atomic E-state index is 0.0683. The number of nitrogens with zero attached hydrogens (tertiary/aromatic N) is 2. The van der Waals surface area contributed by atoms with Gasteiger partial charge in [-0.15, -0.1) is 0 Å². The number of rotatable bonds is 7. The van der Waals surface area contributed by atoms with Crippen molar-refractivity contribution in [3.05, 3.63) is 28.2 Å². The van der Waals surface area contributed by atoms with E-state index in [0.717, 1.165) is 30.8 Å². The number of guanidine groups is 1. The molecule has 0 spiro atoms. The Morgan fingerprint density at radius 3 is 2.67 bits per heavy atom. The molecule has 0 aromatic heterocycles. The number of aliphatic imine (C=N–C) groups is 1. The Hall–Kier alpha value is -1.45. The van der Waals surface area contributed by atoms with Gasteiger partial charge in [-0.1, -0.05) is 15.9 Å². The van der Waals surface area contributed by atoms with Gasteiger partial charge in [0, 0.05) is 48.8 Å². The summed E-state index contributed by atoms with van der Waals surface area (Å²) in [7, 11) is 1.68. The van der Waals surface area contributed by atoms with Crippen molar-refractivity contribution < 1.29 is 18.3 Å². The van der Waals surface area contributed by atoms with Gasteiger partial charge >= 0.3 is 6.61 Å². The molecular weight excluding hydrogens is 422 g/mol. The lowest BCUT2D eigenvalue weighted by Gasteiger charge is -2.41. The molecule has 2 rings (SSSR count). The molecule has 0 bridgehead atoms. The summed E-state index contributed by atoms with van der Waals surface area (Å²) in [5.41, 5.74) is 0.543. The maximum Gasteiger partial charge on any atom is 0.387 e. The van der Waals surface area contributed by atoms with E-state index in [-0.39, 0.29) is 11.3 Å².